The minimum absolute atomic E-state index is 0.0538. The van der Waals surface area contributed by atoms with Crippen LogP contribution in [0.25, 0.3) is 11.0 Å². The maximum absolute atomic E-state index is 12.9. The molecule has 1 aromatic heterocycles. The van der Waals surface area contributed by atoms with E-state index in [0.29, 0.717) is 30.7 Å². The van der Waals surface area contributed by atoms with Crippen LogP contribution in [0.3, 0.4) is 0 Å². The summed E-state index contributed by atoms with van der Waals surface area (Å²) in [6.45, 7) is 1.38. The molecule has 0 unspecified atom stereocenters. The van der Waals surface area contributed by atoms with Gasteiger partial charge in [-0.1, -0.05) is 12.1 Å². The number of carbonyl (C=O) groups is 2. The maximum atomic E-state index is 12.9. The number of hydrogen-bond donors (Lipinski definition) is 0. The number of likely N-dealkylation sites (tertiary alicyclic amines) is 1. The Balaban J connectivity index is 1.57. The van der Waals surface area contributed by atoms with E-state index in [1.165, 1.54) is 15.7 Å². The van der Waals surface area contributed by atoms with Crippen LogP contribution in [0.1, 0.15) is 12.8 Å². The predicted octanol–water partition coefficient (Wildman–Crippen LogP) is 0.840. The first-order valence-electron chi connectivity index (χ1n) is 8.64. The smallest absolute Gasteiger partial charge is 0.410 e. The van der Waals surface area contributed by atoms with Crippen LogP contribution in [0.15, 0.2) is 35.3 Å². The van der Waals surface area contributed by atoms with Crippen LogP contribution in [-0.4, -0.2) is 63.6 Å². The summed E-state index contributed by atoms with van der Waals surface area (Å²) in [5, 5.41) is 0. The third kappa shape index (κ3) is 2.81. The molecule has 2 aromatic rings. The van der Waals surface area contributed by atoms with Crippen LogP contribution in [0.5, 0.6) is 0 Å². The molecule has 2 fully saturated rings. The van der Waals surface area contributed by atoms with Crippen LogP contribution in [0.4, 0.5) is 4.79 Å². The summed E-state index contributed by atoms with van der Waals surface area (Å²) < 4.78 is 6.98. The molecule has 1 spiro atoms. The molecular weight excluding hydrogens is 336 g/mol. The summed E-state index contributed by atoms with van der Waals surface area (Å²) in [4.78, 5) is 44.2. The predicted molar refractivity (Wildman–Crippen MR) is 93.7 cm³/mol. The number of benzene rings is 1. The van der Waals surface area contributed by atoms with E-state index in [2.05, 4.69) is 4.98 Å². The number of fused-ring (bicyclic) bond motifs is 1. The van der Waals surface area contributed by atoms with Gasteiger partial charge in [-0.2, -0.15) is 0 Å². The lowest BCUT2D eigenvalue weighted by molar-refractivity contribution is -0.137. The first-order chi connectivity index (χ1) is 12.5. The number of rotatable bonds is 2. The van der Waals surface area contributed by atoms with Gasteiger partial charge in [-0.25, -0.2) is 9.78 Å². The minimum atomic E-state index is -0.634. The fraction of sp³-hybridized carbons (Fsp3) is 0.444. The number of para-hydroxylation sites is 2. The summed E-state index contributed by atoms with van der Waals surface area (Å²) in [7, 11) is 1.69. The maximum Gasteiger partial charge on any atom is 0.410 e. The highest BCUT2D eigenvalue weighted by Gasteiger charge is 2.47. The second-order valence-electron chi connectivity index (χ2n) is 7.00. The summed E-state index contributed by atoms with van der Waals surface area (Å²) >= 11 is 0. The van der Waals surface area contributed by atoms with Crippen molar-refractivity contribution in [3.8, 4) is 0 Å². The average Bonchev–Trinajstić information content (AvgIpc) is 2.90. The van der Waals surface area contributed by atoms with Gasteiger partial charge in [-0.15, -0.1) is 0 Å². The van der Waals surface area contributed by atoms with Gasteiger partial charge in [0.15, 0.2) is 0 Å². The third-order valence-electron chi connectivity index (χ3n) is 5.08. The van der Waals surface area contributed by atoms with Gasteiger partial charge in [0.2, 0.25) is 5.91 Å². The molecule has 0 bridgehead atoms. The van der Waals surface area contributed by atoms with Crippen LogP contribution >= 0.6 is 0 Å². The van der Waals surface area contributed by atoms with Gasteiger partial charge < -0.3 is 14.5 Å². The molecule has 0 saturated carbocycles. The zero-order valence-corrected chi connectivity index (χ0v) is 14.6. The van der Waals surface area contributed by atoms with E-state index < -0.39 is 5.60 Å². The molecular formula is C18H20N4O4. The number of aromatic nitrogens is 2. The van der Waals surface area contributed by atoms with Gasteiger partial charge in [-0.3, -0.25) is 14.2 Å². The number of likely N-dealkylation sites (N-methyl/N-ethyl adjacent to an activating group) is 1. The highest BCUT2D eigenvalue weighted by atomic mass is 16.6. The van der Waals surface area contributed by atoms with Crippen molar-refractivity contribution in [3.63, 3.8) is 0 Å². The normalized spacial score (nSPS) is 22.9. The van der Waals surface area contributed by atoms with Crippen molar-refractivity contribution < 1.29 is 14.3 Å². The third-order valence-corrected chi connectivity index (χ3v) is 5.08. The molecule has 0 N–H and O–H groups in total. The quantitative estimate of drug-likeness (QED) is 0.796. The Morgan fingerprint density at radius 3 is 2.85 bits per heavy atom. The summed E-state index contributed by atoms with van der Waals surface area (Å²) in [5.41, 5.74) is 0.356. The molecule has 136 valence electrons. The average molecular weight is 356 g/mol. The van der Waals surface area contributed by atoms with Gasteiger partial charge in [0.05, 0.1) is 30.3 Å². The second-order valence-corrected chi connectivity index (χ2v) is 7.00. The molecule has 4 rings (SSSR count). The number of nitrogens with zero attached hydrogens (tertiary/aromatic N) is 4. The lowest BCUT2D eigenvalue weighted by atomic mass is 9.92. The summed E-state index contributed by atoms with van der Waals surface area (Å²) in [5.74, 6) is -0.159. The van der Waals surface area contributed by atoms with Gasteiger partial charge in [-0.05, 0) is 25.0 Å². The van der Waals surface area contributed by atoms with Crippen molar-refractivity contribution in [1.29, 1.82) is 0 Å². The fourth-order valence-corrected chi connectivity index (χ4v) is 3.83. The van der Waals surface area contributed by atoms with Gasteiger partial charge in [0.1, 0.15) is 12.1 Å². The molecule has 3 heterocycles. The van der Waals surface area contributed by atoms with E-state index in [1.54, 1.807) is 24.1 Å². The zero-order valence-electron chi connectivity index (χ0n) is 14.6. The Morgan fingerprint density at radius 1 is 1.27 bits per heavy atom. The van der Waals surface area contributed by atoms with Crippen molar-refractivity contribution in [2.45, 2.75) is 25.0 Å². The second kappa shape index (κ2) is 6.12. The summed E-state index contributed by atoms with van der Waals surface area (Å²) in [6.07, 6.45) is 2.39. The van der Waals surface area contributed by atoms with Gasteiger partial charge in [0.25, 0.3) is 5.56 Å². The number of amides is 2. The highest BCUT2D eigenvalue weighted by Crippen LogP contribution is 2.31. The van der Waals surface area contributed by atoms with Gasteiger partial charge in [0, 0.05) is 13.6 Å². The molecule has 1 atom stereocenters. The molecule has 0 aliphatic carbocycles. The van der Waals surface area contributed by atoms with Crippen molar-refractivity contribution in [2.24, 2.45) is 0 Å². The van der Waals surface area contributed by atoms with E-state index >= 15 is 0 Å². The van der Waals surface area contributed by atoms with Crippen molar-refractivity contribution in [1.82, 2.24) is 19.4 Å². The Labute approximate surface area is 150 Å². The molecule has 0 radical (unpaired) electrons. The first kappa shape index (κ1) is 16.6. The molecule has 26 heavy (non-hydrogen) atoms. The standard InChI is InChI=1S/C18H20N4O4/c1-20-11-18(26-17(20)25)7-4-8-21(12-18)16(24)10-22-14-6-3-2-5-13(14)19-9-15(22)23/h2-3,5-6,9H,4,7-8,10-12H2,1H3/t18-/m1/s1. The van der Waals surface area contributed by atoms with Crippen molar-refractivity contribution >= 4 is 23.0 Å². The van der Waals surface area contributed by atoms with E-state index in [-0.39, 0.29) is 24.1 Å². The number of piperidine rings is 1. The van der Waals surface area contributed by atoms with Crippen molar-refractivity contribution in [2.75, 3.05) is 26.7 Å². The lowest BCUT2D eigenvalue weighted by Crippen LogP contribution is -2.53. The monoisotopic (exact) mass is 356 g/mol. The zero-order chi connectivity index (χ0) is 18.3. The lowest BCUT2D eigenvalue weighted by Gasteiger charge is -2.38. The Morgan fingerprint density at radius 2 is 2.08 bits per heavy atom. The Bertz CT molecular complexity index is 940. The Hall–Kier alpha value is -2.90. The number of ether oxygens (including phenoxy) is 1. The topological polar surface area (TPSA) is 84.7 Å². The van der Waals surface area contributed by atoms with E-state index in [9.17, 15) is 14.4 Å². The highest BCUT2D eigenvalue weighted by molar-refractivity contribution is 5.80. The van der Waals surface area contributed by atoms with Crippen molar-refractivity contribution in [3.05, 3.63) is 40.8 Å². The summed E-state index contributed by atoms with van der Waals surface area (Å²) in [6, 6.07) is 7.24. The molecule has 2 amide bonds. The van der Waals surface area contributed by atoms with Crippen LogP contribution < -0.4 is 5.56 Å². The molecule has 8 heteroatoms. The molecule has 2 aliphatic rings. The van der Waals surface area contributed by atoms with E-state index in [0.717, 1.165) is 12.8 Å². The SMILES string of the molecule is CN1C[C@@]2(CCCN(C(=O)Cn3c(=O)cnc4ccccc43)C2)OC1=O. The fourth-order valence-electron chi connectivity index (χ4n) is 3.83. The molecule has 2 aliphatic heterocycles. The number of hydrogen-bond acceptors (Lipinski definition) is 5. The largest absolute Gasteiger partial charge is 0.439 e. The molecule has 1 aromatic carbocycles. The van der Waals surface area contributed by atoms with Gasteiger partial charge >= 0.3 is 6.09 Å². The van der Waals surface area contributed by atoms with Crippen LogP contribution in [0, 0.1) is 0 Å². The van der Waals surface area contributed by atoms with Crippen LogP contribution in [-0.2, 0) is 16.1 Å². The number of carbonyl (C=O) groups excluding carboxylic acids is 2. The molecule has 2 saturated heterocycles. The van der Waals surface area contributed by atoms with Crippen LogP contribution in [0.2, 0.25) is 0 Å². The van der Waals surface area contributed by atoms with E-state index in [4.69, 9.17) is 4.74 Å². The first-order valence-corrected chi connectivity index (χ1v) is 8.64. The van der Waals surface area contributed by atoms with E-state index in [1.807, 2.05) is 12.1 Å². The Kier molecular flexibility index (Phi) is 3.90. The minimum Gasteiger partial charge on any atom is -0.439 e. The molecule has 8 nitrogen and oxygen atoms in total.